The highest BCUT2D eigenvalue weighted by atomic mass is 16.5. The molecule has 30 heavy (non-hydrogen) atoms. The van der Waals surface area contributed by atoms with Gasteiger partial charge in [-0.2, -0.15) is 5.10 Å². The largest absolute Gasteiger partial charge is 0.489 e. The van der Waals surface area contributed by atoms with Gasteiger partial charge in [0.2, 0.25) is 0 Å². The Kier molecular flexibility index (Phi) is 6.26. The lowest BCUT2D eigenvalue weighted by Gasteiger charge is -2.15. The molecule has 1 heterocycles. The molecule has 3 aromatic carbocycles. The molecule has 0 unspecified atom stereocenters. The lowest BCUT2D eigenvalue weighted by atomic mass is 10.1. The highest BCUT2D eigenvalue weighted by Gasteiger charge is 2.14. The average Bonchev–Trinajstić information content (AvgIpc) is 3.19. The van der Waals surface area contributed by atoms with Gasteiger partial charge in [-0.25, -0.2) is 4.68 Å². The molecule has 1 aromatic heterocycles. The van der Waals surface area contributed by atoms with Crippen LogP contribution in [-0.4, -0.2) is 9.78 Å². The van der Waals surface area contributed by atoms with Crippen molar-refractivity contribution in [1.29, 1.82) is 0 Å². The molecule has 4 rings (SSSR count). The Bertz CT molecular complexity index is 1070. The fourth-order valence-corrected chi connectivity index (χ4v) is 3.54. The van der Waals surface area contributed by atoms with Crippen LogP contribution in [0.25, 0.3) is 5.69 Å². The van der Waals surface area contributed by atoms with E-state index in [4.69, 9.17) is 4.74 Å². The number of rotatable bonds is 8. The first kappa shape index (κ1) is 19.9. The minimum atomic E-state index is 0.191. The summed E-state index contributed by atoms with van der Waals surface area (Å²) < 4.78 is 7.95. The van der Waals surface area contributed by atoms with E-state index >= 15 is 0 Å². The van der Waals surface area contributed by atoms with Crippen LogP contribution in [0.15, 0.2) is 91.1 Å². The van der Waals surface area contributed by atoms with Crippen molar-refractivity contribution >= 4 is 0 Å². The van der Waals surface area contributed by atoms with Crippen LogP contribution >= 0.6 is 0 Å². The van der Waals surface area contributed by atoms with Crippen molar-refractivity contribution in [2.45, 2.75) is 33.0 Å². The van der Waals surface area contributed by atoms with Gasteiger partial charge in [-0.1, -0.05) is 60.7 Å². The Morgan fingerprint density at radius 1 is 0.900 bits per heavy atom. The minimum Gasteiger partial charge on any atom is -0.489 e. The number of nitrogens with one attached hydrogen (secondary N) is 1. The molecule has 0 amide bonds. The first-order chi connectivity index (χ1) is 14.7. The number of aromatic nitrogens is 2. The fraction of sp³-hybridized carbons (Fsp3) is 0.192. The second-order valence-corrected chi connectivity index (χ2v) is 7.46. The molecule has 0 radical (unpaired) electrons. The van der Waals surface area contributed by atoms with E-state index in [1.807, 2.05) is 59.4 Å². The maximum atomic E-state index is 5.95. The molecule has 0 saturated heterocycles. The third-order valence-electron chi connectivity index (χ3n) is 5.27. The van der Waals surface area contributed by atoms with Gasteiger partial charge in [0.05, 0.1) is 11.9 Å². The minimum absolute atomic E-state index is 0.191. The number of para-hydroxylation sites is 1. The van der Waals surface area contributed by atoms with E-state index in [1.165, 1.54) is 16.7 Å². The molecule has 152 valence electrons. The van der Waals surface area contributed by atoms with Crippen molar-refractivity contribution in [3.05, 3.63) is 114 Å². The highest BCUT2D eigenvalue weighted by molar-refractivity contribution is 5.35. The SMILES string of the molecule is Cc1c([C@H](C)NCc2cccc(OCc3ccccc3)c2)cnn1-c1ccccc1. The zero-order valence-corrected chi connectivity index (χ0v) is 17.5. The van der Waals surface area contributed by atoms with Gasteiger partial charge in [0, 0.05) is 23.8 Å². The fourth-order valence-electron chi connectivity index (χ4n) is 3.54. The van der Waals surface area contributed by atoms with Gasteiger partial charge in [-0.05, 0) is 49.2 Å². The molecule has 4 heteroatoms. The Hall–Kier alpha value is -3.37. The molecule has 0 aliphatic heterocycles. The predicted molar refractivity (Wildman–Crippen MR) is 121 cm³/mol. The maximum absolute atomic E-state index is 5.95. The van der Waals surface area contributed by atoms with Crippen molar-refractivity contribution < 1.29 is 4.74 Å². The Labute approximate surface area is 178 Å². The quantitative estimate of drug-likeness (QED) is 0.420. The Morgan fingerprint density at radius 3 is 2.37 bits per heavy atom. The smallest absolute Gasteiger partial charge is 0.120 e. The van der Waals surface area contributed by atoms with Crippen molar-refractivity contribution in [3.8, 4) is 11.4 Å². The number of hydrogen-bond donors (Lipinski definition) is 1. The number of nitrogens with zero attached hydrogens (tertiary/aromatic N) is 2. The molecule has 0 saturated carbocycles. The summed E-state index contributed by atoms with van der Waals surface area (Å²) in [6.07, 6.45) is 1.96. The van der Waals surface area contributed by atoms with E-state index in [-0.39, 0.29) is 6.04 Å². The van der Waals surface area contributed by atoms with Crippen molar-refractivity contribution in [2.75, 3.05) is 0 Å². The molecule has 0 bridgehead atoms. The summed E-state index contributed by atoms with van der Waals surface area (Å²) >= 11 is 0. The average molecular weight is 398 g/mol. The normalized spacial score (nSPS) is 11.9. The van der Waals surface area contributed by atoms with Crippen LogP contribution in [0.3, 0.4) is 0 Å². The number of benzene rings is 3. The topological polar surface area (TPSA) is 39.1 Å². The number of hydrogen-bond acceptors (Lipinski definition) is 3. The van der Waals surface area contributed by atoms with Crippen LogP contribution in [0.2, 0.25) is 0 Å². The summed E-state index contributed by atoms with van der Waals surface area (Å²) in [6.45, 7) is 5.63. The van der Waals surface area contributed by atoms with Crippen LogP contribution in [0, 0.1) is 6.92 Å². The van der Waals surface area contributed by atoms with Crippen molar-refractivity contribution in [1.82, 2.24) is 15.1 Å². The Morgan fingerprint density at radius 2 is 1.60 bits per heavy atom. The van der Waals surface area contributed by atoms with Crippen molar-refractivity contribution in [3.63, 3.8) is 0 Å². The maximum Gasteiger partial charge on any atom is 0.120 e. The van der Waals surface area contributed by atoms with Gasteiger partial charge < -0.3 is 10.1 Å². The molecule has 0 fully saturated rings. The van der Waals surface area contributed by atoms with Gasteiger partial charge in [-0.3, -0.25) is 0 Å². The van der Waals surface area contributed by atoms with E-state index in [0.29, 0.717) is 6.61 Å². The van der Waals surface area contributed by atoms with Gasteiger partial charge >= 0.3 is 0 Å². The van der Waals surface area contributed by atoms with Gasteiger partial charge in [0.15, 0.2) is 0 Å². The summed E-state index contributed by atoms with van der Waals surface area (Å²) in [4.78, 5) is 0. The third-order valence-corrected chi connectivity index (χ3v) is 5.27. The second kappa shape index (κ2) is 9.42. The molecule has 0 aliphatic carbocycles. The molecular weight excluding hydrogens is 370 g/mol. The van der Waals surface area contributed by atoms with E-state index in [0.717, 1.165) is 23.7 Å². The van der Waals surface area contributed by atoms with Crippen molar-refractivity contribution in [2.24, 2.45) is 0 Å². The van der Waals surface area contributed by atoms with Crippen LogP contribution in [-0.2, 0) is 13.2 Å². The summed E-state index contributed by atoms with van der Waals surface area (Å²) in [7, 11) is 0. The zero-order chi connectivity index (χ0) is 20.8. The lowest BCUT2D eigenvalue weighted by molar-refractivity contribution is 0.306. The molecular formula is C26H27N3O. The molecule has 0 spiro atoms. The van der Waals surface area contributed by atoms with Crippen LogP contribution in [0.4, 0.5) is 0 Å². The molecule has 1 atom stereocenters. The molecule has 4 aromatic rings. The summed E-state index contributed by atoms with van der Waals surface area (Å²) in [6, 6.07) is 28.9. The lowest BCUT2D eigenvalue weighted by Crippen LogP contribution is -2.18. The predicted octanol–water partition coefficient (Wildman–Crippen LogP) is 5.61. The highest BCUT2D eigenvalue weighted by Crippen LogP contribution is 2.21. The molecule has 0 aliphatic rings. The van der Waals surface area contributed by atoms with Gasteiger partial charge in [0.25, 0.3) is 0 Å². The second-order valence-electron chi connectivity index (χ2n) is 7.46. The first-order valence-electron chi connectivity index (χ1n) is 10.3. The summed E-state index contributed by atoms with van der Waals surface area (Å²) in [5, 5.41) is 8.20. The first-order valence-corrected chi connectivity index (χ1v) is 10.3. The molecule has 4 nitrogen and oxygen atoms in total. The van der Waals surface area contributed by atoms with Gasteiger partial charge in [0.1, 0.15) is 12.4 Å². The Balaban J connectivity index is 1.37. The summed E-state index contributed by atoms with van der Waals surface area (Å²) in [5.41, 5.74) is 5.80. The third kappa shape index (κ3) is 4.78. The number of ether oxygens (including phenoxy) is 1. The van der Waals surface area contributed by atoms with Crippen LogP contribution in [0.1, 0.15) is 35.3 Å². The zero-order valence-electron chi connectivity index (χ0n) is 17.5. The van der Waals surface area contributed by atoms with E-state index in [1.54, 1.807) is 0 Å². The van der Waals surface area contributed by atoms with Gasteiger partial charge in [-0.15, -0.1) is 0 Å². The van der Waals surface area contributed by atoms with E-state index in [2.05, 4.69) is 60.7 Å². The van der Waals surface area contributed by atoms with Crippen LogP contribution in [0.5, 0.6) is 5.75 Å². The van der Waals surface area contributed by atoms with E-state index < -0.39 is 0 Å². The van der Waals surface area contributed by atoms with Crippen LogP contribution < -0.4 is 10.1 Å². The standard InChI is InChI=1S/C26H27N3O/c1-20(26-18-28-29(21(26)2)24-13-7-4-8-14-24)27-17-23-12-9-15-25(16-23)30-19-22-10-5-3-6-11-22/h3-16,18,20,27H,17,19H2,1-2H3/t20-/m0/s1. The monoisotopic (exact) mass is 397 g/mol. The van der Waals surface area contributed by atoms with E-state index in [9.17, 15) is 0 Å². The molecule has 1 N–H and O–H groups in total. The summed E-state index contributed by atoms with van der Waals surface area (Å²) in [5.74, 6) is 0.888.